The van der Waals surface area contributed by atoms with Crippen LogP contribution >= 0.6 is 0 Å². The smallest absolute Gasteiger partial charge is 0.272 e. The standard InChI is InChI=1S/C14H20N2O4/c1-12-11-13(3-4-14(12)16(17)18)20-8-2-5-15-6-9-19-10-7-15/h3-4,11H,2,5-10H2,1H3/p+1. The second-order valence-corrected chi connectivity index (χ2v) is 5.02. The van der Waals surface area contributed by atoms with E-state index in [0.29, 0.717) is 17.9 Å². The van der Waals surface area contributed by atoms with Crippen LogP contribution in [-0.2, 0) is 4.74 Å². The van der Waals surface area contributed by atoms with Crippen molar-refractivity contribution < 1.29 is 19.3 Å². The average Bonchev–Trinajstić information content (AvgIpc) is 2.44. The highest BCUT2D eigenvalue weighted by molar-refractivity contribution is 5.44. The number of quaternary nitrogens is 1. The lowest BCUT2D eigenvalue weighted by atomic mass is 10.2. The lowest BCUT2D eigenvalue weighted by Gasteiger charge is -2.23. The highest BCUT2D eigenvalue weighted by atomic mass is 16.6. The summed E-state index contributed by atoms with van der Waals surface area (Å²) in [6, 6.07) is 4.88. The predicted molar refractivity (Wildman–Crippen MR) is 74.3 cm³/mol. The number of nitro groups is 1. The molecule has 0 spiro atoms. The second-order valence-electron chi connectivity index (χ2n) is 5.02. The monoisotopic (exact) mass is 281 g/mol. The molecule has 0 aromatic heterocycles. The van der Waals surface area contributed by atoms with Crippen molar-refractivity contribution in [2.75, 3.05) is 39.5 Å². The molecule has 0 bridgehead atoms. The zero-order chi connectivity index (χ0) is 14.4. The molecular weight excluding hydrogens is 260 g/mol. The zero-order valence-electron chi connectivity index (χ0n) is 11.8. The number of nitrogens with zero attached hydrogens (tertiary/aromatic N) is 1. The summed E-state index contributed by atoms with van der Waals surface area (Å²) in [6.07, 6.45) is 0.978. The van der Waals surface area contributed by atoms with E-state index in [1.54, 1.807) is 24.0 Å². The molecule has 1 aliphatic rings. The number of hydrogen-bond acceptors (Lipinski definition) is 4. The van der Waals surface area contributed by atoms with Crippen LogP contribution in [0.3, 0.4) is 0 Å². The third-order valence-electron chi connectivity index (χ3n) is 3.51. The van der Waals surface area contributed by atoms with Gasteiger partial charge in [0.25, 0.3) is 5.69 Å². The van der Waals surface area contributed by atoms with Gasteiger partial charge in [-0.3, -0.25) is 10.1 Å². The molecule has 0 amide bonds. The number of hydrogen-bond donors (Lipinski definition) is 1. The Bertz CT molecular complexity index is 458. The molecule has 0 atom stereocenters. The van der Waals surface area contributed by atoms with E-state index in [9.17, 15) is 10.1 Å². The normalized spacial score (nSPS) is 16.1. The van der Waals surface area contributed by atoms with E-state index in [1.165, 1.54) is 6.07 Å². The summed E-state index contributed by atoms with van der Waals surface area (Å²) >= 11 is 0. The molecule has 6 heteroatoms. The Kier molecular flexibility index (Phi) is 5.31. The van der Waals surface area contributed by atoms with Gasteiger partial charge in [-0.25, -0.2) is 0 Å². The van der Waals surface area contributed by atoms with Crippen LogP contribution in [-0.4, -0.2) is 44.4 Å². The summed E-state index contributed by atoms with van der Waals surface area (Å²) in [5, 5.41) is 10.7. The number of nitro benzene ring substituents is 1. The first-order valence-electron chi connectivity index (χ1n) is 6.96. The van der Waals surface area contributed by atoms with E-state index in [0.717, 1.165) is 39.3 Å². The third kappa shape index (κ3) is 4.18. The van der Waals surface area contributed by atoms with Crippen LogP contribution in [0, 0.1) is 17.0 Å². The fourth-order valence-corrected chi connectivity index (χ4v) is 2.34. The fraction of sp³-hybridized carbons (Fsp3) is 0.571. The van der Waals surface area contributed by atoms with Crippen LogP contribution in [0.25, 0.3) is 0 Å². The summed E-state index contributed by atoms with van der Waals surface area (Å²) < 4.78 is 11.0. The van der Waals surface area contributed by atoms with E-state index in [-0.39, 0.29) is 10.6 Å². The van der Waals surface area contributed by atoms with Gasteiger partial charge in [-0.2, -0.15) is 0 Å². The zero-order valence-corrected chi connectivity index (χ0v) is 11.8. The van der Waals surface area contributed by atoms with Gasteiger partial charge in [-0.15, -0.1) is 0 Å². The van der Waals surface area contributed by atoms with E-state index < -0.39 is 0 Å². The van der Waals surface area contributed by atoms with Gasteiger partial charge in [0.15, 0.2) is 0 Å². The average molecular weight is 281 g/mol. The molecule has 0 saturated carbocycles. The molecule has 1 aliphatic heterocycles. The highest BCUT2D eigenvalue weighted by Gasteiger charge is 2.13. The molecule has 1 aromatic rings. The van der Waals surface area contributed by atoms with Crippen LogP contribution in [0.5, 0.6) is 5.75 Å². The van der Waals surface area contributed by atoms with Crippen LogP contribution in [0.15, 0.2) is 18.2 Å². The van der Waals surface area contributed by atoms with Crippen LogP contribution in [0.4, 0.5) is 5.69 Å². The van der Waals surface area contributed by atoms with Crippen LogP contribution in [0.1, 0.15) is 12.0 Å². The van der Waals surface area contributed by atoms with Gasteiger partial charge in [-0.05, 0) is 19.1 Å². The van der Waals surface area contributed by atoms with Crippen molar-refractivity contribution in [3.05, 3.63) is 33.9 Å². The summed E-state index contributed by atoms with van der Waals surface area (Å²) in [4.78, 5) is 11.9. The first-order chi connectivity index (χ1) is 9.66. The molecule has 1 saturated heterocycles. The maximum atomic E-state index is 10.7. The maximum Gasteiger partial charge on any atom is 0.272 e. The summed E-state index contributed by atoms with van der Waals surface area (Å²) in [5.41, 5.74) is 0.765. The molecular formula is C14H21N2O4+. The fourth-order valence-electron chi connectivity index (χ4n) is 2.34. The van der Waals surface area contributed by atoms with Crippen molar-refractivity contribution in [1.29, 1.82) is 0 Å². The quantitative estimate of drug-likeness (QED) is 0.471. The first-order valence-corrected chi connectivity index (χ1v) is 6.96. The van der Waals surface area contributed by atoms with E-state index >= 15 is 0 Å². The molecule has 0 unspecified atom stereocenters. The number of morpholine rings is 1. The Morgan fingerprint density at radius 3 is 2.80 bits per heavy atom. The first kappa shape index (κ1) is 14.7. The van der Waals surface area contributed by atoms with Crippen LogP contribution in [0.2, 0.25) is 0 Å². The number of ether oxygens (including phenoxy) is 2. The molecule has 1 heterocycles. The molecule has 2 rings (SSSR count). The Labute approximate surface area is 118 Å². The molecule has 1 N–H and O–H groups in total. The van der Waals surface area contributed by atoms with Gasteiger partial charge in [-0.1, -0.05) is 0 Å². The molecule has 6 nitrogen and oxygen atoms in total. The van der Waals surface area contributed by atoms with Crippen molar-refractivity contribution in [2.24, 2.45) is 0 Å². The molecule has 110 valence electrons. The Hall–Kier alpha value is -1.66. The lowest BCUT2D eigenvalue weighted by Crippen LogP contribution is -3.14. The predicted octanol–water partition coefficient (Wildman–Crippen LogP) is 0.587. The number of nitrogens with one attached hydrogen (secondary N) is 1. The summed E-state index contributed by atoms with van der Waals surface area (Å²) in [6.45, 7) is 7.27. The summed E-state index contributed by atoms with van der Waals surface area (Å²) in [7, 11) is 0. The van der Waals surface area contributed by atoms with Crippen molar-refractivity contribution in [1.82, 2.24) is 0 Å². The minimum atomic E-state index is -0.374. The number of aryl methyl sites for hydroxylation is 1. The van der Waals surface area contributed by atoms with Crippen molar-refractivity contribution in [3.8, 4) is 5.75 Å². The lowest BCUT2D eigenvalue weighted by molar-refractivity contribution is -0.908. The minimum Gasteiger partial charge on any atom is -0.493 e. The van der Waals surface area contributed by atoms with Gasteiger partial charge in [0.05, 0.1) is 31.3 Å². The number of rotatable bonds is 6. The molecule has 1 aromatic carbocycles. The molecule has 1 fully saturated rings. The van der Waals surface area contributed by atoms with Crippen LogP contribution < -0.4 is 9.64 Å². The van der Waals surface area contributed by atoms with Crippen molar-refractivity contribution >= 4 is 5.69 Å². The van der Waals surface area contributed by atoms with Gasteiger partial charge < -0.3 is 14.4 Å². The van der Waals surface area contributed by atoms with E-state index in [1.807, 2.05) is 0 Å². The van der Waals surface area contributed by atoms with Gasteiger partial charge in [0.1, 0.15) is 18.8 Å². The Morgan fingerprint density at radius 1 is 1.40 bits per heavy atom. The topological polar surface area (TPSA) is 66.0 Å². The Balaban J connectivity index is 1.73. The summed E-state index contributed by atoms with van der Waals surface area (Å²) in [5.74, 6) is 0.699. The van der Waals surface area contributed by atoms with Gasteiger partial charge in [0, 0.05) is 18.1 Å². The largest absolute Gasteiger partial charge is 0.493 e. The van der Waals surface area contributed by atoms with E-state index in [2.05, 4.69) is 0 Å². The number of benzene rings is 1. The third-order valence-corrected chi connectivity index (χ3v) is 3.51. The molecule has 0 aliphatic carbocycles. The minimum absolute atomic E-state index is 0.134. The maximum absolute atomic E-state index is 10.7. The Morgan fingerprint density at radius 2 is 2.15 bits per heavy atom. The highest BCUT2D eigenvalue weighted by Crippen LogP contribution is 2.22. The van der Waals surface area contributed by atoms with Crippen molar-refractivity contribution in [2.45, 2.75) is 13.3 Å². The molecule has 20 heavy (non-hydrogen) atoms. The van der Waals surface area contributed by atoms with Crippen molar-refractivity contribution in [3.63, 3.8) is 0 Å². The SMILES string of the molecule is Cc1cc(OCCC[NH+]2CCOCC2)ccc1[N+](=O)[O-]. The van der Waals surface area contributed by atoms with E-state index in [4.69, 9.17) is 9.47 Å². The van der Waals surface area contributed by atoms with Gasteiger partial charge in [0.2, 0.25) is 0 Å². The second kappa shape index (κ2) is 7.21. The molecule has 0 radical (unpaired) electrons. The van der Waals surface area contributed by atoms with Gasteiger partial charge >= 0.3 is 0 Å².